The van der Waals surface area contributed by atoms with Gasteiger partial charge in [0.2, 0.25) is 15.9 Å². The molecule has 0 aromatic heterocycles. The fraction of sp³-hybridized carbons (Fsp3) is 0.417. The number of carbonyl (C=O) groups excluding carboxylic acids is 1. The Morgan fingerprint density at radius 2 is 1.77 bits per heavy atom. The number of carbonyl (C=O) groups is 1. The minimum Gasteiger partial charge on any atom is -0.369 e. The van der Waals surface area contributed by atoms with Gasteiger partial charge >= 0.3 is 0 Å². The molecule has 1 aliphatic heterocycles. The van der Waals surface area contributed by atoms with Crippen molar-refractivity contribution in [1.82, 2.24) is 4.31 Å². The highest BCUT2D eigenvalue weighted by atomic mass is 35.5. The van der Waals surface area contributed by atoms with E-state index in [-0.39, 0.29) is 32.0 Å². The lowest BCUT2D eigenvalue weighted by Crippen LogP contribution is -2.42. The number of piperidine rings is 1. The lowest BCUT2D eigenvalue weighted by molar-refractivity contribution is -0.122. The Kier molecular flexibility index (Phi) is 4.69. The highest BCUT2D eigenvalue weighted by Gasteiger charge is 2.36. The largest absolute Gasteiger partial charge is 0.369 e. The van der Waals surface area contributed by atoms with Crippen LogP contribution in [0.5, 0.6) is 0 Å². The van der Waals surface area contributed by atoms with Gasteiger partial charge in [0.05, 0.1) is 0 Å². The number of hydrogen-bond acceptors (Lipinski definition) is 3. The summed E-state index contributed by atoms with van der Waals surface area (Å²) in [4.78, 5) is 9.75. The molecule has 2 N–H and O–H groups in total. The third kappa shape index (κ3) is 2.92. The number of sulfonamides is 1. The predicted octanol–water partition coefficient (Wildman–Crippen LogP) is 1.64. The average molecular weight is 357 g/mol. The van der Waals surface area contributed by atoms with Gasteiger partial charge in [0.15, 0.2) is 10.7 Å². The van der Waals surface area contributed by atoms with Crippen LogP contribution in [-0.4, -0.2) is 31.7 Å². The fourth-order valence-corrected chi connectivity index (χ4v) is 4.08. The Balaban J connectivity index is 2.37. The molecule has 1 aromatic carbocycles. The van der Waals surface area contributed by atoms with Crippen molar-refractivity contribution in [2.45, 2.75) is 17.7 Å². The maximum absolute atomic E-state index is 13.9. The Morgan fingerprint density at radius 1 is 1.23 bits per heavy atom. The van der Waals surface area contributed by atoms with Gasteiger partial charge in [-0.25, -0.2) is 21.6 Å². The van der Waals surface area contributed by atoms with E-state index in [0.29, 0.717) is 0 Å². The van der Waals surface area contributed by atoms with E-state index in [4.69, 9.17) is 17.3 Å². The highest BCUT2D eigenvalue weighted by Crippen LogP contribution is 2.31. The van der Waals surface area contributed by atoms with Gasteiger partial charge in [-0.2, -0.15) is 4.31 Å². The van der Waals surface area contributed by atoms with Gasteiger partial charge in [-0.15, -0.1) is 0 Å². The van der Waals surface area contributed by atoms with Gasteiger partial charge in [-0.1, -0.05) is 11.6 Å². The SMILES string of the molecule is NC(=O)C1CCN(S(=O)(=O)c2c(F)cc(F)c(Cl)c2F)CC1. The number of rotatable bonds is 3. The standard InChI is InChI=1S/C12H12ClF3N2O3S/c13-9-7(14)5-8(15)11(10(9)16)22(20,21)18-3-1-6(2-4-18)12(17)19/h5-6H,1-4H2,(H2,17,19). The number of hydrogen-bond donors (Lipinski definition) is 1. The second-order valence-corrected chi connectivity index (χ2v) is 7.13. The van der Waals surface area contributed by atoms with Crippen molar-refractivity contribution in [1.29, 1.82) is 0 Å². The van der Waals surface area contributed by atoms with Crippen LogP contribution in [0.4, 0.5) is 13.2 Å². The van der Waals surface area contributed by atoms with E-state index in [0.717, 1.165) is 4.31 Å². The Bertz CT molecular complexity index is 719. The molecular weight excluding hydrogens is 345 g/mol. The quantitative estimate of drug-likeness (QED) is 0.660. The van der Waals surface area contributed by atoms with Gasteiger partial charge in [0.25, 0.3) is 0 Å². The molecule has 5 nitrogen and oxygen atoms in total. The number of primary amides is 1. The molecule has 0 radical (unpaired) electrons. The summed E-state index contributed by atoms with van der Waals surface area (Å²) in [6, 6.07) is 0.217. The van der Waals surface area contributed by atoms with Crippen LogP contribution < -0.4 is 5.73 Å². The van der Waals surface area contributed by atoms with Gasteiger partial charge in [-0.3, -0.25) is 4.79 Å². The zero-order valence-electron chi connectivity index (χ0n) is 11.2. The summed E-state index contributed by atoms with van der Waals surface area (Å²) in [6.07, 6.45) is 0.291. The molecule has 0 aliphatic carbocycles. The third-order valence-corrected chi connectivity index (χ3v) is 5.81. The third-order valence-electron chi connectivity index (χ3n) is 3.53. The molecule has 2 rings (SSSR count). The van der Waals surface area contributed by atoms with Crippen molar-refractivity contribution in [3.05, 3.63) is 28.5 Å². The van der Waals surface area contributed by atoms with Crippen molar-refractivity contribution in [2.75, 3.05) is 13.1 Å². The van der Waals surface area contributed by atoms with Crippen molar-refractivity contribution >= 4 is 27.5 Å². The smallest absolute Gasteiger partial charge is 0.248 e. The van der Waals surface area contributed by atoms with Crippen LogP contribution in [0.1, 0.15) is 12.8 Å². The van der Waals surface area contributed by atoms with Gasteiger partial charge in [0.1, 0.15) is 16.7 Å². The molecule has 0 bridgehead atoms. The Labute approximate surface area is 129 Å². The van der Waals surface area contributed by atoms with E-state index in [9.17, 15) is 26.4 Å². The molecule has 1 heterocycles. The molecule has 122 valence electrons. The minimum atomic E-state index is -4.53. The summed E-state index contributed by atoms with van der Waals surface area (Å²) in [7, 11) is -4.53. The fourth-order valence-electron chi connectivity index (χ4n) is 2.30. The predicted molar refractivity (Wildman–Crippen MR) is 72.0 cm³/mol. The molecule has 0 saturated carbocycles. The first kappa shape index (κ1) is 17.0. The van der Waals surface area contributed by atoms with Crippen molar-refractivity contribution in [2.24, 2.45) is 11.7 Å². The molecule has 0 spiro atoms. The van der Waals surface area contributed by atoms with Crippen LogP contribution in [0.15, 0.2) is 11.0 Å². The van der Waals surface area contributed by atoms with Gasteiger partial charge in [0, 0.05) is 25.1 Å². The second-order valence-electron chi connectivity index (χ2n) is 4.88. The molecule has 1 amide bonds. The summed E-state index contributed by atoms with van der Waals surface area (Å²) in [6.45, 7) is -0.242. The lowest BCUT2D eigenvalue weighted by Gasteiger charge is -2.29. The van der Waals surface area contributed by atoms with Crippen molar-refractivity contribution < 1.29 is 26.4 Å². The molecule has 1 saturated heterocycles. The van der Waals surface area contributed by atoms with E-state index in [2.05, 4.69) is 0 Å². The minimum absolute atomic E-state index is 0.121. The van der Waals surface area contributed by atoms with Crippen LogP contribution in [0.25, 0.3) is 0 Å². The number of nitrogens with zero attached hydrogens (tertiary/aromatic N) is 1. The van der Waals surface area contributed by atoms with Gasteiger partial charge < -0.3 is 5.73 Å². The molecule has 0 atom stereocenters. The van der Waals surface area contributed by atoms with E-state index in [1.165, 1.54) is 0 Å². The average Bonchev–Trinajstić information content (AvgIpc) is 2.44. The topological polar surface area (TPSA) is 80.5 Å². The van der Waals surface area contributed by atoms with Crippen molar-refractivity contribution in [3.63, 3.8) is 0 Å². The summed E-state index contributed by atoms with van der Waals surface area (Å²) >= 11 is 5.30. The van der Waals surface area contributed by atoms with Crippen molar-refractivity contribution in [3.8, 4) is 0 Å². The zero-order valence-corrected chi connectivity index (χ0v) is 12.7. The zero-order chi connectivity index (χ0) is 16.7. The van der Waals surface area contributed by atoms with Crippen LogP contribution in [0.3, 0.4) is 0 Å². The molecule has 22 heavy (non-hydrogen) atoms. The maximum atomic E-state index is 13.9. The number of benzene rings is 1. The van der Waals surface area contributed by atoms with E-state index in [1.807, 2.05) is 0 Å². The molecule has 0 unspecified atom stereocenters. The van der Waals surface area contributed by atoms with E-state index < -0.39 is 49.2 Å². The molecule has 1 fully saturated rings. The molecule has 1 aromatic rings. The van der Waals surface area contributed by atoms with Crippen LogP contribution in [0, 0.1) is 23.4 Å². The van der Waals surface area contributed by atoms with E-state index >= 15 is 0 Å². The Hall–Kier alpha value is -1.32. The highest BCUT2D eigenvalue weighted by molar-refractivity contribution is 7.89. The molecule has 1 aliphatic rings. The summed E-state index contributed by atoms with van der Waals surface area (Å²) < 4.78 is 66.2. The molecule has 10 heteroatoms. The Morgan fingerprint density at radius 3 is 2.27 bits per heavy atom. The summed E-state index contributed by atoms with van der Waals surface area (Å²) in [5, 5.41) is -1.09. The van der Waals surface area contributed by atoms with Crippen LogP contribution >= 0.6 is 11.6 Å². The second kappa shape index (κ2) is 6.05. The van der Waals surface area contributed by atoms with Gasteiger partial charge in [-0.05, 0) is 12.8 Å². The normalized spacial score (nSPS) is 17.6. The van der Waals surface area contributed by atoms with Crippen LogP contribution in [0.2, 0.25) is 5.02 Å². The number of nitrogens with two attached hydrogens (primary N) is 1. The summed E-state index contributed by atoms with van der Waals surface area (Å²) in [5.74, 6) is -5.66. The van der Waals surface area contributed by atoms with Crippen LogP contribution in [-0.2, 0) is 14.8 Å². The monoisotopic (exact) mass is 356 g/mol. The molecular formula is C12H12ClF3N2O3S. The first-order valence-corrected chi connectivity index (χ1v) is 8.10. The maximum Gasteiger partial charge on any atom is 0.248 e. The number of halogens is 4. The first-order chi connectivity index (χ1) is 10.2. The first-order valence-electron chi connectivity index (χ1n) is 6.28. The number of amides is 1. The lowest BCUT2D eigenvalue weighted by atomic mass is 9.98. The summed E-state index contributed by atoms with van der Waals surface area (Å²) in [5.41, 5.74) is 5.13. The van der Waals surface area contributed by atoms with E-state index in [1.54, 1.807) is 0 Å².